The van der Waals surface area contributed by atoms with Crippen LogP contribution in [0.25, 0.3) is 5.52 Å². The molecule has 0 aliphatic rings. The molecule has 2 aromatic heterocycles. The van der Waals surface area contributed by atoms with E-state index in [1.54, 1.807) is 24.4 Å². The first kappa shape index (κ1) is 19.8. The monoisotopic (exact) mass is 419 g/mol. The normalized spacial score (nSPS) is 12.1. The van der Waals surface area contributed by atoms with Crippen molar-refractivity contribution in [3.05, 3.63) is 102 Å². The lowest BCUT2D eigenvalue weighted by Gasteiger charge is -2.32. The number of nitrogens with zero attached hydrogens (tertiary/aromatic N) is 2. The molecule has 0 saturated carbocycles. The highest BCUT2D eigenvalue weighted by Crippen LogP contribution is 2.30. The molecule has 0 unspecified atom stereocenters. The van der Waals surface area contributed by atoms with Crippen LogP contribution in [0.15, 0.2) is 90.2 Å². The van der Waals surface area contributed by atoms with E-state index in [-0.39, 0.29) is 10.9 Å². The second-order valence-corrected chi connectivity index (χ2v) is 9.19. The van der Waals surface area contributed by atoms with Gasteiger partial charge in [-0.2, -0.15) is 0 Å². The molecule has 1 N–H and O–H groups in total. The third kappa shape index (κ3) is 3.48. The lowest BCUT2D eigenvalue weighted by Crippen LogP contribution is -2.44. The predicted molar refractivity (Wildman–Crippen MR) is 115 cm³/mol. The zero-order valence-corrected chi connectivity index (χ0v) is 17.4. The fraction of sp³-hybridized carbons (Fsp3) is 0.130. The minimum atomic E-state index is -3.62. The van der Waals surface area contributed by atoms with Crippen molar-refractivity contribution in [3.8, 4) is 0 Å². The number of nitrogens with one attached hydrogen (secondary N) is 1. The Labute approximate surface area is 175 Å². The maximum absolute atomic E-state index is 13.4. The van der Waals surface area contributed by atoms with Crippen LogP contribution in [0, 0.1) is 0 Å². The Kier molecular flexibility index (Phi) is 4.91. The van der Waals surface area contributed by atoms with E-state index in [9.17, 15) is 13.2 Å². The molecule has 152 valence electrons. The third-order valence-electron chi connectivity index (χ3n) is 5.13. The molecular weight excluding hydrogens is 398 g/mol. The van der Waals surface area contributed by atoms with E-state index in [2.05, 4.69) is 10.3 Å². The molecule has 0 aliphatic heterocycles. The van der Waals surface area contributed by atoms with Gasteiger partial charge in [-0.25, -0.2) is 13.4 Å². The molecule has 4 rings (SSSR count). The van der Waals surface area contributed by atoms with Gasteiger partial charge in [0.1, 0.15) is 0 Å². The lowest BCUT2D eigenvalue weighted by atomic mass is 9.84. The zero-order chi connectivity index (χ0) is 21.4. The number of rotatable bonds is 5. The number of amides is 1. The van der Waals surface area contributed by atoms with Gasteiger partial charge in [0, 0.05) is 12.5 Å². The molecule has 0 radical (unpaired) electrons. The molecule has 0 spiro atoms. The Hall–Kier alpha value is -3.45. The summed E-state index contributed by atoms with van der Waals surface area (Å²) >= 11 is 0. The van der Waals surface area contributed by atoms with E-state index >= 15 is 0 Å². The number of imidazole rings is 1. The summed E-state index contributed by atoms with van der Waals surface area (Å²) in [6.45, 7) is 1.92. The predicted octanol–water partition coefficient (Wildman–Crippen LogP) is 3.43. The highest BCUT2D eigenvalue weighted by molar-refractivity contribution is 7.90. The van der Waals surface area contributed by atoms with E-state index in [1.165, 1.54) is 4.40 Å². The third-order valence-corrected chi connectivity index (χ3v) is 6.08. The Morgan fingerprint density at radius 2 is 1.43 bits per heavy atom. The second-order valence-electron chi connectivity index (χ2n) is 7.28. The van der Waals surface area contributed by atoms with Crippen LogP contribution >= 0.6 is 0 Å². The van der Waals surface area contributed by atoms with Crippen molar-refractivity contribution in [3.63, 3.8) is 0 Å². The summed E-state index contributed by atoms with van der Waals surface area (Å²) in [5.74, 6) is -0.455. The number of hydrogen-bond donors (Lipinski definition) is 1. The maximum atomic E-state index is 13.4. The number of fused-ring (bicyclic) bond motifs is 1. The number of carbonyl (C=O) groups is 1. The highest BCUT2D eigenvalue weighted by atomic mass is 32.2. The summed E-state index contributed by atoms with van der Waals surface area (Å²) in [5, 5.41) is 2.93. The Morgan fingerprint density at radius 1 is 0.900 bits per heavy atom. The highest BCUT2D eigenvalue weighted by Gasteiger charge is 2.33. The van der Waals surface area contributed by atoms with Gasteiger partial charge in [0.2, 0.25) is 15.0 Å². The maximum Gasteiger partial charge on any atom is 0.273 e. The lowest BCUT2D eigenvalue weighted by molar-refractivity contribution is 0.0915. The van der Waals surface area contributed by atoms with Crippen molar-refractivity contribution in [1.82, 2.24) is 14.7 Å². The van der Waals surface area contributed by atoms with Gasteiger partial charge >= 0.3 is 0 Å². The van der Waals surface area contributed by atoms with Crippen LogP contribution in [0.1, 0.15) is 28.5 Å². The molecule has 2 aromatic carbocycles. The van der Waals surface area contributed by atoms with Crippen molar-refractivity contribution < 1.29 is 13.2 Å². The van der Waals surface area contributed by atoms with Gasteiger partial charge in [0.15, 0.2) is 5.69 Å². The summed E-state index contributed by atoms with van der Waals surface area (Å²) in [6.07, 6.45) is 2.66. The van der Waals surface area contributed by atoms with Crippen LogP contribution in [-0.2, 0) is 15.4 Å². The van der Waals surface area contributed by atoms with Gasteiger partial charge < -0.3 is 5.32 Å². The topological polar surface area (TPSA) is 80.5 Å². The summed E-state index contributed by atoms with van der Waals surface area (Å²) in [4.78, 5) is 17.6. The number of sulfone groups is 1. The first-order valence-electron chi connectivity index (χ1n) is 9.41. The summed E-state index contributed by atoms with van der Waals surface area (Å²) in [5.41, 5.74) is 1.45. The van der Waals surface area contributed by atoms with Crippen molar-refractivity contribution in [2.75, 3.05) is 6.26 Å². The number of aromatic nitrogens is 2. The number of pyridine rings is 1. The number of benzene rings is 2. The molecule has 0 aliphatic carbocycles. The average molecular weight is 420 g/mol. The average Bonchev–Trinajstić information content (AvgIpc) is 3.15. The van der Waals surface area contributed by atoms with Gasteiger partial charge in [-0.1, -0.05) is 66.7 Å². The zero-order valence-electron chi connectivity index (χ0n) is 16.6. The summed E-state index contributed by atoms with van der Waals surface area (Å²) in [7, 11) is -3.62. The molecule has 2 heterocycles. The first-order chi connectivity index (χ1) is 14.3. The van der Waals surface area contributed by atoms with E-state index in [0.29, 0.717) is 5.52 Å². The molecule has 0 fully saturated rings. The molecule has 30 heavy (non-hydrogen) atoms. The van der Waals surface area contributed by atoms with E-state index in [1.807, 2.05) is 67.6 Å². The number of hydrogen-bond acceptors (Lipinski definition) is 4. The molecular formula is C23H21N3O3S. The van der Waals surface area contributed by atoms with Crippen molar-refractivity contribution in [2.24, 2.45) is 0 Å². The summed E-state index contributed by atoms with van der Waals surface area (Å²) in [6, 6.07) is 24.4. The Morgan fingerprint density at radius 3 is 1.97 bits per heavy atom. The molecule has 1 amide bonds. The van der Waals surface area contributed by atoms with Crippen molar-refractivity contribution >= 4 is 21.3 Å². The van der Waals surface area contributed by atoms with Crippen LogP contribution in [-0.4, -0.2) is 30.0 Å². The van der Waals surface area contributed by atoms with Gasteiger partial charge in [-0.3, -0.25) is 9.20 Å². The van der Waals surface area contributed by atoms with Crippen LogP contribution in [0.2, 0.25) is 0 Å². The largest absolute Gasteiger partial charge is 0.337 e. The molecule has 6 nitrogen and oxygen atoms in total. The van der Waals surface area contributed by atoms with Crippen molar-refractivity contribution in [1.29, 1.82) is 0 Å². The minimum absolute atomic E-state index is 0.0640. The quantitative estimate of drug-likeness (QED) is 0.537. The second kappa shape index (κ2) is 7.42. The minimum Gasteiger partial charge on any atom is -0.337 e. The van der Waals surface area contributed by atoms with Crippen LogP contribution in [0.4, 0.5) is 0 Å². The fourth-order valence-corrected chi connectivity index (χ4v) is 4.35. The standard InChI is InChI=1S/C23H21N3O3S/c1-23(17-11-5-3-6-12-17,18-13-7-4-8-14-18)25-21(27)20-19-15-9-10-16-26(19)22(24-20)30(2,28)29/h3-16H,1-2H3,(H,25,27). The Balaban J connectivity index is 1.84. The fourth-order valence-electron chi connectivity index (χ4n) is 3.58. The van der Waals surface area contributed by atoms with E-state index in [0.717, 1.165) is 17.4 Å². The SMILES string of the molecule is CC(NC(=O)c1nc(S(C)(=O)=O)n2ccccc12)(c1ccccc1)c1ccccc1. The van der Waals surface area contributed by atoms with Gasteiger partial charge in [-0.05, 0) is 30.2 Å². The number of carbonyl (C=O) groups excluding carboxylic acids is 1. The Bertz CT molecular complexity index is 1270. The van der Waals surface area contributed by atoms with E-state index < -0.39 is 21.3 Å². The molecule has 0 atom stereocenters. The summed E-state index contributed by atoms with van der Waals surface area (Å²) < 4.78 is 25.8. The van der Waals surface area contributed by atoms with Gasteiger partial charge in [-0.15, -0.1) is 0 Å². The van der Waals surface area contributed by atoms with Crippen LogP contribution in [0.3, 0.4) is 0 Å². The smallest absolute Gasteiger partial charge is 0.273 e. The molecule has 4 aromatic rings. The van der Waals surface area contributed by atoms with Crippen molar-refractivity contribution in [2.45, 2.75) is 17.6 Å². The first-order valence-corrected chi connectivity index (χ1v) is 11.3. The molecule has 0 bridgehead atoms. The van der Waals surface area contributed by atoms with Crippen LogP contribution in [0.5, 0.6) is 0 Å². The van der Waals surface area contributed by atoms with Gasteiger partial charge in [0.05, 0.1) is 11.1 Å². The molecule has 7 heteroatoms. The van der Waals surface area contributed by atoms with Gasteiger partial charge in [0.25, 0.3) is 5.91 Å². The molecule has 0 saturated heterocycles. The van der Waals surface area contributed by atoms with Crippen LogP contribution < -0.4 is 5.32 Å². The van der Waals surface area contributed by atoms with E-state index in [4.69, 9.17) is 0 Å².